The number of fused-ring (bicyclic) bond motifs is 2. The molecule has 0 bridgehead atoms. The molecule has 0 radical (unpaired) electrons. The van der Waals surface area contributed by atoms with Crippen LogP contribution in [0, 0.1) is 6.92 Å². The molecule has 0 aliphatic carbocycles. The highest BCUT2D eigenvalue weighted by molar-refractivity contribution is 7.20. The highest BCUT2D eigenvalue weighted by atomic mass is 32.1. The second kappa shape index (κ2) is 10.3. The molecule has 1 atom stereocenters. The number of nitrogens with one attached hydrogen (secondary N) is 1. The van der Waals surface area contributed by atoms with Gasteiger partial charge in [0.2, 0.25) is 0 Å². The van der Waals surface area contributed by atoms with E-state index in [1.54, 1.807) is 61.2 Å². The zero-order valence-corrected chi connectivity index (χ0v) is 22.6. The van der Waals surface area contributed by atoms with Gasteiger partial charge in [-0.05, 0) is 56.7 Å². The summed E-state index contributed by atoms with van der Waals surface area (Å²) in [6.07, 6.45) is 1.33. The summed E-state index contributed by atoms with van der Waals surface area (Å²) in [4.78, 5) is 59.1. The van der Waals surface area contributed by atoms with E-state index in [0.717, 1.165) is 11.3 Å². The Balaban J connectivity index is 1.47. The fourth-order valence-electron chi connectivity index (χ4n) is 4.63. The average Bonchev–Trinajstić information content (AvgIpc) is 3.29. The largest absolute Gasteiger partial charge is 0.495 e. The van der Waals surface area contributed by atoms with Crippen molar-refractivity contribution >= 4 is 50.5 Å². The van der Waals surface area contributed by atoms with Gasteiger partial charge in [0.1, 0.15) is 16.3 Å². The van der Waals surface area contributed by atoms with E-state index >= 15 is 0 Å². The molecule has 4 aromatic rings. The Kier molecular flexibility index (Phi) is 6.92. The minimum absolute atomic E-state index is 0.0511. The Morgan fingerprint density at radius 1 is 1.21 bits per heavy atom. The summed E-state index contributed by atoms with van der Waals surface area (Å²) in [6, 6.07) is 11.0. The zero-order valence-electron chi connectivity index (χ0n) is 21.8. The van der Waals surface area contributed by atoms with Gasteiger partial charge in [-0.1, -0.05) is 12.1 Å². The van der Waals surface area contributed by atoms with Crippen LogP contribution in [0.2, 0.25) is 0 Å². The predicted octanol–water partition coefficient (Wildman–Crippen LogP) is 4.22. The van der Waals surface area contributed by atoms with Crippen LogP contribution < -0.4 is 25.2 Å². The molecule has 1 aliphatic rings. The maximum absolute atomic E-state index is 13.5. The Bertz CT molecular complexity index is 1690. The molecule has 1 N–H and O–H groups in total. The number of hydrogen-bond donors (Lipinski definition) is 1. The number of rotatable bonds is 7. The van der Waals surface area contributed by atoms with E-state index < -0.39 is 11.6 Å². The molecule has 3 heterocycles. The first-order valence-electron chi connectivity index (χ1n) is 12.3. The van der Waals surface area contributed by atoms with Gasteiger partial charge in [0.05, 0.1) is 41.1 Å². The first-order valence-corrected chi connectivity index (χ1v) is 13.1. The molecular weight excluding hydrogens is 520 g/mol. The molecule has 2 amide bonds. The second-order valence-corrected chi connectivity index (χ2v) is 10.00. The van der Waals surface area contributed by atoms with Gasteiger partial charge in [-0.2, -0.15) is 0 Å². The zero-order chi connectivity index (χ0) is 27.8. The molecule has 11 heteroatoms. The lowest BCUT2D eigenvalue weighted by atomic mass is 10.0. The number of ether oxygens (including phenoxy) is 2. The van der Waals surface area contributed by atoms with Crippen LogP contribution in [0.15, 0.2) is 53.6 Å². The van der Waals surface area contributed by atoms with Crippen molar-refractivity contribution in [3.05, 3.63) is 75.1 Å². The summed E-state index contributed by atoms with van der Waals surface area (Å²) in [6.45, 7) is 5.54. The third-order valence-electron chi connectivity index (χ3n) is 6.74. The smallest absolute Gasteiger partial charge is 0.266 e. The number of amides is 2. The lowest BCUT2D eigenvalue weighted by molar-refractivity contribution is -0.121. The number of anilines is 2. The van der Waals surface area contributed by atoms with Crippen LogP contribution in [0.25, 0.3) is 10.2 Å². The lowest BCUT2D eigenvalue weighted by Crippen LogP contribution is -2.38. The van der Waals surface area contributed by atoms with E-state index in [1.165, 1.54) is 18.0 Å². The number of benzene rings is 2. The summed E-state index contributed by atoms with van der Waals surface area (Å²) in [5.41, 5.74) is 1.43. The Morgan fingerprint density at radius 2 is 1.97 bits per heavy atom. The van der Waals surface area contributed by atoms with Crippen LogP contribution in [-0.2, 0) is 4.79 Å². The second-order valence-electron chi connectivity index (χ2n) is 9.00. The molecule has 200 valence electrons. The van der Waals surface area contributed by atoms with E-state index in [2.05, 4.69) is 10.3 Å². The first-order chi connectivity index (χ1) is 18.7. The van der Waals surface area contributed by atoms with Gasteiger partial charge in [-0.15, -0.1) is 11.3 Å². The number of Topliss-reactive ketones (excluding diaryl/α,β-unsaturated/α-hetero) is 1. The quantitative estimate of drug-likeness (QED) is 0.345. The van der Waals surface area contributed by atoms with Gasteiger partial charge < -0.3 is 19.7 Å². The number of ketones is 1. The molecule has 1 aliphatic heterocycles. The summed E-state index contributed by atoms with van der Waals surface area (Å²) in [5, 5.41) is 3.12. The summed E-state index contributed by atoms with van der Waals surface area (Å²) < 4.78 is 12.1. The van der Waals surface area contributed by atoms with Crippen molar-refractivity contribution in [3.63, 3.8) is 0 Å². The van der Waals surface area contributed by atoms with E-state index in [-0.39, 0.29) is 29.6 Å². The average molecular weight is 547 g/mol. The third-order valence-corrected chi connectivity index (χ3v) is 7.94. The minimum Gasteiger partial charge on any atom is -0.495 e. The maximum Gasteiger partial charge on any atom is 0.266 e. The minimum atomic E-state index is -0.882. The number of hydrogen-bond acceptors (Lipinski definition) is 8. The van der Waals surface area contributed by atoms with Crippen LogP contribution in [0.5, 0.6) is 11.5 Å². The van der Waals surface area contributed by atoms with E-state index in [4.69, 9.17) is 9.47 Å². The topological polar surface area (TPSA) is 120 Å². The number of likely N-dealkylation sites (N-methyl/N-ethyl adjacent to an activating group) is 1. The van der Waals surface area contributed by atoms with Crippen LogP contribution in [0.4, 0.5) is 11.4 Å². The maximum atomic E-state index is 13.5. The van der Waals surface area contributed by atoms with Crippen LogP contribution in [-0.4, -0.2) is 47.4 Å². The van der Waals surface area contributed by atoms with Crippen molar-refractivity contribution in [2.45, 2.75) is 26.8 Å². The monoisotopic (exact) mass is 546 g/mol. The van der Waals surface area contributed by atoms with E-state index in [1.807, 2.05) is 6.92 Å². The molecule has 0 fully saturated rings. The van der Waals surface area contributed by atoms with Gasteiger partial charge in [0, 0.05) is 12.1 Å². The van der Waals surface area contributed by atoms with Crippen molar-refractivity contribution in [3.8, 4) is 11.5 Å². The molecule has 39 heavy (non-hydrogen) atoms. The molecule has 0 saturated heterocycles. The number of para-hydroxylation sites is 2. The van der Waals surface area contributed by atoms with Gasteiger partial charge >= 0.3 is 0 Å². The third kappa shape index (κ3) is 4.54. The SMILES string of the molecule is CCN1C(=O)COc2ccc(C(=O)C(C)n3cnc4sc(C(=O)Nc5ccccc5OC)c(C)c4c3=O)cc21. The van der Waals surface area contributed by atoms with E-state index in [9.17, 15) is 19.2 Å². The number of methoxy groups -OCH3 is 1. The molecule has 5 rings (SSSR count). The van der Waals surface area contributed by atoms with Crippen LogP contribution >= 0.6 is 11.3 Å². The Hall–Kier alpha value is -4.51. The molecule has 1 unspecified atom stereocenters. The number of carbonyl (C=O) groups is 3. The van der Waals surface area contributed by atoms with Crippen molar-refractivity contribution in [2.24, 2.45) is 0 Å². The Morgan fingerprint density at radius 3 is 2.72 bits per heavy atom. The van der Waals surface area contributed by atoms with Gasteiger partial charge in [-0.25, -0.2) is 4.98 Å². The summed E-state index contributed by atoms with van der Waals surface area (Å²) in [7, 11) is 1.52. The number of nitrogens with zero attached hydrogens (tertiary/aromatic N) is 3. The van der Waals surface area contributed by atoms with Gasteiger partial charge in [0.25, 0.3) is 17.4 Å². The fourth-order valence-corrected chi connectivity index (χ4v) is 5.66. The first kappa shape index (κ1) is 26.1. The fraction of sp³-hybridized carbons (Fsp3) is 0.250. The molecular formula is C28H26N4O6S. The number of aromatic nitrogens is 2. The highest BCUT2D eigenvalue weighted by Crippen LogP contribution is 2.34. The predicted molar refractivity (Wildman–Crippen MR) is 149 cm³/mol. The normalized spacial score (nSPS) is 13.5. The van der Waals surface area contributed by atoms with Crippen molar-refractivity contribution in [1.82, 2.24) is 9.55 Å². The standard InChI is InChI=1S/C28H26N4O6S/c1-5-31-19-12-17(10-11-21(19)38-13-22(31)33)24(34)16(3)32-14-29-27-23(28(32)36)15(2)25(39-27)26(35)30-18-8-6-7-9-20(18)37-4/h6-12,14,16H,5,13H2,1-4H3,(H,30,35). The van der Waals surface area contributed by atoms with Gasteiger partial charge in [0.15, 0.2) is 12.4 Å². The molecule has 10 nitrogen and oxygen atoms in total. The highest BCUT2D eigenvalue weighted by Gasteiger charge is 2.28. The van der Waals surface area contributed by atoms with Crippen molar-refractivity contribution in [2.75, 3.05) is 30.5 Å². The molecule has 0 spiro atoms. The van der Waals surface area contributed by atoms with Crippen LogP contribution in [0.3, 0.4) is 0 Å². The molecule has 0 saturated carbocycles. The summed E-state index contributed by atoms with van der Waals surface area (Å²) in [5.74, 6) is 0.136. The molecule has 2 aromatic heterocycles. The molecule has 2 aromatic carbocycles. The lowest BCUT2D eigenvalue weighted by Gasteiger charge is -2.28. The van der Waals surface area contributed by atoms with Crippen LogP contribution in [0.1, 0.15) is 45.5 Å². The number of thiophene rings is 1. The summed E-state index contributed by atoms with van der Waals surface area (Å²) >= 11 is 1.11. The van der Waals surface area contributed by atoms with Crippen molar-refractivity contribution in [1.29, 1.82) is 0 Å². The van der Waals surface area contributed by atoms with Crippen molar-refractivity contribution < 1.29 is 23.9 Å². The van der Waals surface area contributed by atoms with Gasteiger partial charge in [-0.3, -0.25) is 23.7 Å². The van der Waals surface area contributed by atoms with E-state index in [0.29, 0.717) is 50.3 Å². The Labute approximate surface area is 227 Å². The number of aryl methyl sites for hydroxylation is 1. The number of carbonyl (C=O) groups excluding carboxylic acids is 3.